The molecule has 1 saturated heterocycles. The van der Waals surface area contributed by atoms with E-state index in [1.807, 2.05) is 0 Å². The van der Waals surface area contributed by atoms with E-state index < -0.39 is 21.9 Å². The largest absolute Gasteiger partial charge is 0.490 e. The lowest BCUT2D eigenvalue weighted by Gasteiger charge is -2.19. The van der Waals surface area contributed by atoms with Crippen molar-refractivity contribution in [2.24, 2.45) is 11.8 Å². The maximum atomic E-state index is 13.9. The van der Waals surface area contributed by atoms with Crippen molar-refractivity contribution >= 4 is 21.8 Å². The second kappa shape index (κ2) is 9.70. The van der Waals surface area contributed by atoms with Crippen molar-refractivity contribution in [1.29, 1.82) is 0 Å². The van der Waals surface area contributed by atoms with Crippen LogP contribution in [0.4, 0.5) is 4.39 Å². The fourth-order valence-electron chi connectivity index (χ4n) is 3.20. The highest BCUT2D eigenvalue weighted by Crippen LogP contribution is 2.31. The number of carbonyl (C=O) groups is 2. The first kappa shape index (κ1) is 22.4. The number of ether oxygens (including phenoxy) is 1. The molecule has 164 valence electrons. The second-order valence-corrected chi connectivity index (χ2v) is 9.72. The maximum Gasteiger partial charge on any atom is 0.229 e. The second-order valence-electron chi connectivity index (χ2n) is 7.92. The minimum atomic E-state index is -3.62. The van der Waals surface area contributed by atoms with Crippen LogP contribution in [0.1, 0.15) is 50.6 Å². The highest BCUT2D eigenvalue weighted by Gasteiger charge is 2.25. The molecule has 2 fully saturated rings. The lowest BCUT2D eigenvalue weighted by Crippen LogP contribution is -2.40. The van der Waals surface area contributed by atoms with Crippen molar-refractivity contribution in [3.05, 3.63) is 41.7 Å². The quantitative estimate of drug-likeness (QED) is 0.432. The molecule has 2 atom stereocenters. The minimum absolute atomic E-state index is 0.134. The van der Waals surface area contributed by atoms with Gasteiger partial charge in [0.05, 0.1) is 12.4 Å². The summed E-state index contributed by atoms with van der Waals surface area (Å²) in [7, 11) is -3.62. The number of piperidine rings is 1. The minimum Gasteiger partial charge on any atom is -0.490 e. The van der Waals surface area contributed by atoms with Crippen molar-refractivity contribution in [2.75, 3.05) is 12.4 Å². The van der Waals surface area contributed by atoms with Gasteiger partial charge in [0, 0.05) is 18.4 Å². The molecule has 2 aliphatic rings. The molecule has 2 amide bonds. The van der Waals surface area contributed by atoms with E-state index in [0.29, 0.717) is 37.4 Å². The first-order valence-electron chi connectivity index (χ1n) is 10.1. The molecule has 0 spiro atoms. The molecule has 1 heterocycles. The Morgan fingerprint density at radius 2 is 2.03 bits per heavy atom. The van der Waals surface area contributed by atoms with Crippen LogP contribution < -0.4 is 14.8 Å². The van der Waals surface area contributed by atoms with E-state index in [2.05, 4.69) is 10.0 Å². The molecule has 1 aromatic carbocycles. The zero-order valence-electron chi connectivity index (χ0n) is 16.9. The van der Waals surface area contributed by atoms with E-state index in [-0.39, 0.29) is 29.2 Å². The van der Waals surface area contributed by atoms with Crippen molar-refractivity contribution in [3.63, 3.8) is 0 Å². The van der Waals surface area contributed by atoms with E-state index in [1.165, 1.54) is 24.3 Å². The van der Waals surface area contributed by atoms with E-state index in [1.54, 1.807) is 13.0 Å². The van der Waals surface area contributed by atoms with E-state index in [4.69, 9.17) is 4.74 Å². The van der Waals surface area contributed by atoms with Gasteiger partial charge in [-0.2, -0.15) is 0 Å². The molecule has 30 heavy (non-hydrogen) atoms. The Morgan fingerprint density at radius 3 is 2.73 bits per heavy atom. The maximum absolute atomic E-state index is 13.9. The molecule has 3 rings (SSSR count). The Balaban J connectivity index is 1.51. The van der Waals surface area contributed by atoms with E-state index in [0.717, 1.165) is 12.8 Å². The zero-order chi connectivity index (χ0) is 21.7. The molecule has 2 N–H and O–H groups in total. The molecule has 9 heteroatoms. The third-order valence-corrected chi connectivity index (χ3v) is 6.58. The van der Waals surface area contributed by atoms with Crippen LogP contribution in [0.5, 0.6) is 5.75 Å². The van der Waals surface area contributed by atoms with E-state index in [9.17, 15) is 22.4 Å². The highest BCUT2D eigenvalue weighted by molar-refractivity contribution is 7.89. The summed E-state index contributed by atoms with van der Waals surface area (Å²) in [4.78, 5) is 22.8. The lowest BCUT2D eigenvalue weighted by atomic mass is 9.95. The molecule has 1 aromatic rings. The predicted octanol–water partition coefficient (Wildman–Crippen LogP) is 2.59. The molecular weight excluding hydrogens is 411 g/mol. The number of imide groups is 1. The number of halogens is 1. The molecule has 1 aliphatic heterocycles. The Kier molecular flexibility index (Phi) is 7.25. The molecule has 0 aromatic heterocycles. The van der Waals surface area contributed by atoms with Crippen LogP contribution >= 0.6 is 0 Å². The van der Waals surface area contributed by atoms with Crippen LogP contribution in [0, 0.1) is 17.7 Å². The van der Waals surface area contributed by atoms with Gasteiger partial charge in [-0.3, -0.25) is 14.9 Å². The Labute approximate surface area is 176 Å². The smallest absolute Gasteiger partial charge is 0.229 e. The summed E-state index contributed by atoms with van der Waals surface area (Å²) in [5.41, 5.74) is 0.610. The van der Waals surface area contributed by atoms with Crippen LogP contribution in [-0.4, -0.2) is 32.6 Å². The van der Waals surface area contributed by atoms with Gasteiger partial charge in [-0.25, -0.2) is 17.5 Å². The fourth-order valence-corrected chi connectivity index (χ4v) is 4.36. The number of rotatable bonds is 10. The molecule has 7 nitrogen and oxygen atoms in total. The zero-order valence-corrected chi connectivity index (χ0v) is 17.7. The number of benzene rings is 1. The summed E-state index contributed by atoms with van der Waals surface area (Å²) in [6, 6.07) is 3.79. The van der Waals surface area contributed by atoms with Crippen LogP contribution in [0.2, 0.25) is 0 Å². The van der Waals surface area contributed by atoms with Gasteiger partial charge in [0.15, 0.2) is 11.6 Å². The SMILES string of the molecule is C[C@@H](NS(=O)(=O)C/C=C/CC1CCC(=O)NC1=O)c1ccc(F)c(OCC2CC2)c1. The topological polar surface area (TPSA) is 102 Å². The highest BCUT2D eigenvalue weighted by atomic mass is 32.2. The first-order chi connectivity index (χ1) is 14.2. The number of hydrogen-bond donors (Lipinski definition) is 2. The van der Waals surface area contributed by atoms with Gasteiger partial charge in [-0.15, -0.1) is 0 Å². The Hall–Kier alpha value is -2.26. The van der Waals surface area contributed by atoms with Gasteiger partial charge in [0.1, 0.15) is 0 Å². The van der Waals surface area contributed by atoms with Crippen molar-refractivity contribution in [1.82, 2.24) is 10.0 Å². The monoisotopic (exact) mass is 438 g/mol. The van der Waals surface area contributed by atoms with Gasteiger partial charge in [0.25, 0.3) is 0 Å². The van der Waals surface area contributed by atoms with E-state index >= 15 is 0 Å². The average Bonchev–Trinajstić information content (AvgIpc) is 3.50. The number of allylic oxidation sites excluding steroid dienone is 1. The molecule has 1 unspecified atom stereocenters. The van der Waals surface area contributed by atoms with Crippen molar-refractivity contribution in [2.45, 2.75) is 45.1 Å². The van der Waals surface area contributed by atoms with Gasteiger partial charge in [-0.1, -0.05) is 18.2 Å². The standard InChI is InChI=1S/C21H27FN2O5S/c1-14(17-7-9-18(22)19(12-17)29-13-15-5-6-15)24-30(27,28)11-3-2-4-16-8-10-20(25)23-21(16)26/h2-3,7,9,12,14-16,24H,4-6,8,10-11,13H2,1H3,(H,23,25,26)/b3-2+/t14-,16?/m1/s1. The molecular formula is C21H27FN2O5S. The third kappa shape index (κ3) is 6.63. The number of sulfonamides is 1. The van der Waals surface area contributed by atoms with Gasteiger partial charge in [0.2, 0.25) is 21.8 Å². The fraction of sp³-hybridized carbons (Fsp3) is 0.524. The number of nitrogens with one attached hydrogen (secondary N) is 2. The number of hydrogen-bond acceptors (Lipinski definition) is 5. The van der Waals surface area contributed by atoms with Crippen molar-refractivity contribution < 1.29 is 27.1 Å². The van der Waals surface area contributed by atoms with Gasteiger partial charge in [-0.05, 0) is 56.2 Å². The van der Waals surface area contributed by atoms with Crippen LogP contribution in [-0.2, 0) is 19.6 Å². The molecule has 0 bridgehead atoms. The Morgan fingerprint density at radius 1 is 1.27 bits per heavy atom. The average molecular weight is 439 g/mol. The first-order valence-corrected chi connectivity index (χ1v) is 11.8. The molecule has 1 aliphatic carbocycles. The third-order valence-electron chi connectivity index (χ3n) is 5.24. The summed E-state index contributed by atoms with van der Waals surface area (Å²) in [6.07, 6.45) is 6.46. The number of amides is 2. The number of carbonyl (C=O) groups excluding carboxylic acids is 2. The summed E-state index contributed by atoms with van der Waals surface area (Å²) < 4.78 is 46.7. The van der Waals surface area contributed by atoms with Crippen molar-refractivity contribution in [3.8, 4) is 5.75 Å². The summed E-state index contributed by atoms with van der Waals surface area (Å²) >= 11 is 0. The summed E-state index contributed by atoms with van der Waals surface area (Å²) in [5, 5.41) is 2.28. The predicted molar refractivity (Wildman–Crippen MR) is 110 cm³/mol. The normalized spacial score (nSPS) is 20.9. The van der Waals surface area contributed by atoms with Crippen LogP contribution in [0.15, 0.2) is 30.4 Å². The van der Waals surface area contributed by atoms with Gasteiger partial charge >= 0.3 is 0 Å². The molecule has 1 saturated carbocycles. The van der Waals surface area contributed by atoms with Crippen LogP contribution in [0.25, 0.3) is 0 Å². The van der Waals surface area contributed by atoms with Crippen LogP contribution in [0.3, 0.4) is 0 Å². The summed E-state index contributed by atoms with van der Waals surface area (Å²) in [6.45, 7) is 2.15. The Bertz CT molecular complexity index is 927. The lowest BCUT2D eigenvalue weighted by molar-refractivity contribution is -0.136. The summed E-state index contributed by atoms with van der Waals surface area (Å²) in [5.74, 6) is -1.00. The molecule has 0 radical (unpaired) electrons. The van der Waals surface area contributed by atoms with Gasteiger partial charge < -0.3 is 4.74 Å².